The summed E-state index contributed by atoms with van der Waals surface area (Å²) in [6.45, 7) is 1.82. The molecule has 0 bridgehead atoms. The van der Waals surface area contributed by atoms with E-state index >= 15 is 0 Å². The molecule has 0 fully saturated rings. The van der Waals surface area contributed by atoms with E-state index in [0.717, 1.165) is 5.76 Å². The Morgan fingerprint density at radius 2 is 1.71 bits per heavy atom. The third-order valence-corrected chi connectivity index (χ3v) is 3.67. The Morgan fingerprint density at radius 1 is 1.04 bits per heavy atom. The highest BCUT2D eigenvalue weighted by Crippen LogP contribution is 2.36. The van der Waals surface area contributed by atoms with Gasteiger partial charge in [-0.1, -0.05) is 24.3 Å². The second-order valence-electron chi connectivity index (χ2n) is 5.17. The Morgan fingerprint density at radius 3 is 2.29 bits per heavy atom. The maximum Gasteiger partial charge on any atom is 0.268 e. The van der Waals surface area contributed by atoms with Gasteiger partial charge in [-0.15, -0.1) is 0 Å². The summed E-state index contributed by atoms with van der Waals surface area (Å²) in [6, 6.07) is 14.5. The number of aromatic nitrogens is 1. The lowest BCUT2D eigenvalue weighted by Crippen LogP contribution is -2.16. The molecule has 1 aromatic carbocycles. The van der Waals surface area contributed by atoms with Crippen LogP contribution in [0.2, 0.25) is 0 Å². The number of aromatic amines is 1. The fraction of sp³-hybridized carbons (Fsp3) is 0.0556. The van der Waals surface area contributed by atoms with Crippen molar-refractivity contribution in [2.24, 2.45) is 0 Å². The van der Waals surface area contributed by atoms with Crippen molar-refractivity contribution < 1.29 is 4.42 Å². The zero-order valence-corrected chi connectivity index (χ0v) is 12.8. The number of rotatable bonds is 2. The molecule has 0 unspecified atom stereocenters. The monoisotopic (exact) mass is 316 g/mol. The maximum absolute atomic E-state index is 12.1. The van der Waals surface area contributed by atoms with Gasteiger partial charge < -0.3 is 15.1 Å². The number of benzene rings is 1. The van der Waals surface area contributed by atoms with Crippen molar-refractivity contribution in [2.45, 2.75) is 6.92 Å². The number of hydrogen-bond acceptors (Lipinski definition) is 5. The van der Waals surface area contributed by atoms with E-state index in [2.05, 4.69) is 4.98 Å². The van der Waals surface area contributed by atoms with Crippen LogP contribution in [-0.4, -0.2) is 4.98 Å². The molecule has 24 heavy (non-hydrogen) atoms. The first-order valence-corrected chi connectivity index (χ1v) is 7.09. The molecule has 0 aliphatic heterocycles. The van der Waals surface area contributed by atoms with Crippen molar-refractivity contribution in [3.8, 4) is 34.6 Å². The molecule has 0 aliphatic rings. The van der Waals surface area contributed by atoms with Gasteiger partial charge in [-0.25, -0.2) is 0 Å². The standard InChI is InChI=1S/C18H12N4O2/c1-10-6-7-15(24-10)11-4-2-3-5-12(11)16-13(8-19)17(21)22-18(23)14(16)9-20/h2-7H,1H3,(H3,21,22,23). The molecule has 0 spiro atoms. The molecule has 116 valence electrons. The van der Waals surface area contributed by atoms with Gasteiger partial charge in [-0.3, -0.25) is 4.79 Å². The van der Waals surface area contributed by atoms with E-state index in [9.17, 15) is 15.3 Å². The zero-order chi connectivity index (χ0) is 17.3. The van der Waals surface area contributed by atoms with Crippen LogP contribution in [0, 0.1) is 29.6 Å². The summed E-state index contributed by atoms with van der Waals surface area (Å²) in [5.41, 5.74) is 6.47. The Bertz CT molecular complexity index is 1080. The molecular weight excluding hydrogens is 304 g/mol. The lowest BCUT2D eigenvalue weighted by molar-refractivity contribution is 0.548. The van der Waals surface area contributed by atoms with E-state index in [1.54, 1.807) is 24.3 Å². The molecule has 6 nitrogen and oxygen atoms in total. The molecule has 2 heterocycles. The molecule has 0 saturated heterocycles. The molecule has 2 aromatic heterocycles. The molecule has 3 rings (SSSR count). The van der Waals surface area contributed by atoms with Crippen LogP contribution in [0.15, 0.2) is 45.6 Å². The van der Waals surface area contributed by atoms with Gasteiger partial charge >= 0.3 is 0 Å². The van der Waals surface area contributed by atoms with E-state index < -0.39 is 5.56 Å². The average molecular weight is 316 g/mol. The molecule has 3 aromatic rings. The lowest BCUT2D eigenvalue weighted by Gasteiger charge is -2.12. The lowest BCUT2D eigenvalue weighted by atomic mass is 9.92. The van der Waals surface area contributed by atoms with Crippen LogP contribution in [0.1, 0.15) is 16.9 Å². The first-order chi connectivity index (χ1) is 11.6. The van der Waals surface area contributed by atoms with Gasteiger partial charge in [0.15, 0.2) is 0 Å². The predicted molar refractivity (Wildman–Crippen MR) is 88.8 cm³/mol. The third-order valence-electron chi connectivity index (χ3n) is 3.67. The number of nitrogens with one attached hydrogen (secondary N) is 1. The van der Waals surface area contributed by atoms with Gasteiger partial charge in [0.2, 0.25) is 0 Å². The number of anilines is 1. The molecule has 6 heteroatoms. The Labute approximate surface area is 137 Å². The molecule has 0 radical (unpaired) electrons. The van der Waals surface area contributed by atoms with Gasteiger partial charge in [0.25, 0.3) is 5.56 Å². The van der Waals surface area contributed by atoms with Crippen molar-refractivity contribution in [1.82, 2.24) is 4.98 Å². The van der Waals surface area contributed by atoms with E-state index in [4.69, 9.17) is 10.2 Å². The zero-order valence-electron chi connectivity index (χ0n) is 12.8. The van der Waals surface area contributed by atoms with Crippen molar-refractivity contribution in [3.63, 3.8) is 0 Å². The Hall–Kier alpha value is -3.77. The van der Waals surface area contributed by atoms with E-state index in [-0.39, 0.29) is 22.5 Å². The van der Waals surface area contributed by atoms with Crippen molar-refractivity contribution in [3.05, 3.63) is 63.6 Å². The number of furan rings is 1. The molecule has 0 aliphatic carbocycles. The number of nitrogen functional groups attached to an aromatic ring is 1. The van der Waals surface area contributed by atoms with E-state index in [1.807, 2.05) is 31.2 Å². The van der Waals surface area contributed by atoms with Gasteiger partial charge in [-0.2, -0.15) is 10.5 Å². The predicted octanol–water partition coefficient (Wildman–Crippen LogP) is 2.94. The van der Waals surface area contributed by atoms with Crippen molar-refractivity contribution >= 4 is 5.82 Å². The smallest absolute Gasteiger partial charge is 0.268 e. The second-order valence-corrected chi connectivity index (χ2v) is 5.17. The Kier molecular flexibility index (Phi) is 3.65. The van der Waals surface area contributed by atoms with Crippen molar-refractivity contribution in [1.29, 1.82) is 10.5 Å². The maximum atomic E-state index is 12.1. The minimum Gasteiger partial charge on any atom is -0.461 e. The minimum absolute atomic E-state index is 0.0573. The highest BCUT2D eigenvalue weighted by molar-refractivity contribution is 5.88. The number of nitrogens with zero attached hydrogens (tertiary/aromatic N) is 2. The molecule has 0 saturated carbocycles. The topological polar surface area (TPSA) is 120 Å². The van der Waals surface area contributed by atoms with Gasteiger partial charge in [-0.05, 0) is 24.6 Å². The largest absolute Gasteiger partial charge is 0.461 e. The Balaban J connectivity index is 2.43. The number of nitrogens with two attached hydrogens (primary N) is 1. The van der Waals surface area contributed by atoms with Crippen LogP contribution in [0.25, 0.3) is 22.5 Å². The SMILES string of the molecule is Cc1ccc(-c2ccccc2-c2c(C#N)c(N)[nH]c(=O)c2C#N)o1. The molecule has 0 atom stereocenters. The van der Waals surface area contributed by atoms with Crippen LogP contribution >= 0.6 is 0 Å². The van der Waals surface area contributed by atoms with Crippen LogP contribution in [0.5, 0.6) is 0 Å². The third kappa shape index (κ3) is 2.33. The fourth-order valence-electron chi connectivity index (χ4n) is 2.61. The van der Waals surface area contributed by atoms with Gasteiger partial charge in [0.1, 0.15) is 40.6 Å². The molecular formula is C18H12N4O2. The number of hydrogen-bond donors (Lipinski definition) is 2. The van der Waals surface area contributed by atoms with Gasteiger partial charge in [0, 0.05) is 11.1 Å². The second kappa shape index (κ2) is 5.79. The highest BCUT2D eigenvalue weighted by atomic mass is 16.3. The normalized spacial score (nSPS) is 10.1. The van der Waals surface area contributed by atoms with E-state index in [0.29, 0.717) is 16.9 Å². The summed E-state index contributed by atoms with van der Waals surface area (Å²) in [6.07, 6.45) is 0. The van der Waals surface area contributed by atoms with Crippen LogP contribution < -0.4 is 11.3 Å². The summed E-state index contributed by atoms with van der Waals surface area (Å²) in [5.74, 6) is 1.24. The summed E-state index contributed by atoms with van der Waals surface area (Å²) in [4.78, 5) is 14.4. The average Bonchev–Trinajstić information content (AvgIpc) is 3.00. The minimum atomic E-state index is -0.630. The summed E-state index contributed by atoms with van der Waals surface area (Å²) < 4.78 is 5.66. The van der Waals surface area contributed by atoms with Crippen molar-refractivity contribution in [2.75, 3.05) is 5.73 Å². The van der Waals surface area contributed by atoms with Gasteiger partial charge in [0.05, 0.1) is 0 Å². The number of H-pyrrole nitrogens is 1. The summed E-state index contributed by atoms with van der Waals surface area (Å²) in [7, 11) is 0. The summed E-state index contributed by atoms with van der Waals surface area (Å²) in [5, 5.41) is 18.8. The molecule has 0 amide bonds. The quantitative estimate of drug-likeness (QED) is 0.753. The van der Waals surface area contributed by atoms with Crippen LogP contribution in [0.3, 0.4) is 0 Å². The van der Waals surface area contributed by atoms with Crippen LogP contribution in [0.4, 0.5) is 5.82 Å². The molecule has 3 N–H and O–H groups in total. The summed E-state index contributed by atoms with van der Waals surface area (Å²) >= 11 is 0. The van der Waals surface area contributed by atoms with Crippen LogP contribution in [-0.2, 0) is 0 Å². The number of pyridine rings is 1. The van der Waals surface area contributed by atoms with E-state index in [1.165, 1.54) is 0 Å². The first kappa shape index (κ1) is 15.1. The fourth-order valence-corrected chi connectivity index (χ4v) is 2.61. The first-order valence-electron chi connectivity index (χ1n) is 7.09. The highest BCUT2D eigenvalue weighted by Gasteiger charge is 2.21. The number of aryl methyl sites for hydroxylation is 1. The number of nitriles is 2.